The zero-order valence-corrected chi connectivity index (χ0v) is 86.2. The number of unbranched alkanes of at least 4 members (excludes halogenated alkanes) is 1. The van der Waals surface area contributed by atoms with Crippen LogP contribution in [0.15, 0.2) is 96.6 Å². The van der Waals surface area contributed by atoms with Gasteiger partial charge in [-0.25, -0.2) is 23.1 Å². The zero-order chi connectivity index (χ0) is 107. The Morgan fingerprint density at radius 3 is 2.02 bits per heavy atom. The third-order valence-electron chi connectivity index (χ3n) is 28.5. The number of fused-ring (bicyclic) bond motifs is 10. The maximum absolute atomic E-state index is 18.1. The van der Waals surface area contributed by atoms with Gasteiger partial charge in [-0.1, -0.05) is 119 Å². The van der Waals surface area contributed by atoms with Crippen LogP contribution in [0.4, 0.5) is 29.7 Å². The molecule has 14 atom stereocenters. The maximum Gasteiger partial charge on any atom is 0.407 e. The predicted molar refractivity (Wildman–Crippen MR) is 534 cm³/mol. The Morgan fingerprint density at radius 2 is 1.34 bits per heavy atom. The Hall–Kier alpha value is -11.1. The molecule has 5 aliphatic carbocycles. The molecule has 4 aromatic rings. The number of nitrogens with two attached hydrogens (primary N) is 1. The number of nitrogens with zero attached hydrogens (tertiary/aromatic N) is 5. The monoisotopic (exact) mass is 2110 g/mol. The fourth-order valence-corrected chi connectivity index (χ4v) is 21.6. The highest BCUT2D eigenvalue weighted by Crippen LogP contribution is 2.72. The van der Waals surface area contributed by atoms with E-state index in [1.807, 2.05) is 55.5 Å². The molecule has 12 N–H and O–H groups in total. The van der Waals surface area contributed by atoms with Crippen molar-refractivity contribution in [1.82, 2.24) is 51.8 Å². The van der Waals surface area contributed by atoms with E-state index in [-0.39, 0.29) is 178 Å². The van der Waals surface area contributed by atoms with Crippen LogP contribution in [0.25, 0.3) is 0 Å². The second-order valence-corrected chi connectivity index (χ2v) is 42.6. The van der Waals surface area contributed by atoms with Gasteiger partial charge in [0.25, 0.3) is 20.2 Å². The minimum absolute atomic E-state index is 0.00442. The minimum atomic E-state index is -4.41. The molecule has 41 nitrogen and oxygen atoms in total. The number of rotatable bonds is 61. The number of benzene rings is 3. The second-order valence-electron chi connectivity index (χ2n) is 39.4. The Balaban J connectivity index is 0.654. The van der Waals surface area contributed by atoms with E-state index in [2.05, 4.69) is 59.4 Å². The number of nitrogens with one attached hydrogen (secondary N) is 7. The fraction of sp³-hybridized carbons (Fsp3) is 0.621. The molecule has 0 spiro atoms. The van der Waals surface area contributed by atoms with E-state index in [0.717, 1.165) is 42.0 Å². The van der Waals surface area contributed by atoms with Crippen molar-refractivity contribution in [2.45, 2.75) is 244 Å². The first-order valence-corrected chi connectivity index (χ1v) is 54.1. The number of urea groups is 1. The Morgan fingerprint density at radius 1 is 0.696 bits per heavy atom. The van der Waals surface area contributed by atoms with Crippen molar-refractivity contribution in [3.05, 3.63) is 130 Å². The van der Waals surface area contributed by atoms with Crippen molar-refractivity contribution in [1.29, 1.82) is 0 Å². The number of aromatic nitrogens is 3. The summed E-state index contributed by atoms with van der Waals surface area (Å²) in [5, 5.41) is 39.2. The van der Waals surface area contributed by atoms with Crippen molar-refractivity contribution in [2.24, 2.45) is 46.2 Å². The first-order valence-electron chi connectivity index (χ1n) is 50.9. The number of alkyl halides is 2. The lowest BCUT2D eigenvalue weighted by Crippen LogP contribution is -2.71. The van der Waals surface area contributed by atoms with Crippen molar-refractivity contribution in [3.8, 4) is 11.8 Å². The molecule has 2 unspecified atom stereocenters. The number of carbonyl (C=O) groups is 13. The highest BCUT2D eigenvalue weighted by Gasteiger charge is 2.80. The minimum Gasteiger partial charge on any atom is -0.445 e. The van der Waals surface area contributed by atoms with Gasteiger partial charge in [-0.2, -0.15) is 16.8 Å². The number of amides is 9. The second kappa shape index (κ2) is 55.6. The number of ketones is 5. The quantitative estimate of drug-likeness (QED) is 0.0121. The smallest absolute Gasteiger partial charge is 0.407 e. The molecule has 1 aromatic heterocycles. The highest BCUT2D eigenvalue weighted by atomic mass is 32.2. The lowest BCUT2D eigenvalue weighted by molar-refractivity contribution is -0.233. The van der Waals surface area contributed by atoms with Gasteiger partial charge in [-0.3, -0.25) is 66.7 Å². The van der Waals surface area contributed by atoms with E-state index >= 15 is 8.78 Å². The number of aliphatic hydroxyl groups is 1. The van der Waals surface area contributed by atoms with Crippen LogP contribution in [0.5, 0.6) is 0 Å². The summed E-state index contributed by atoms with van der Waals surface area (Å²) in [7, 11) is -8.82. The Labute approximate surface area is 860 Å². The van der Waals surface area contributed by atoms with Crippen LogP contribution in [0, 0.1) is 52.3 Å². The number of carbonyl (C=O) groups excluding carboxylic acids is 13. The van der Waals surface area contributed by atoms with Gasteiger partial charge in [0.15, 0.2) is 34.9 Å². The average molecular weight is 2110 g/mol. The third kappa shape index (κ3) is 32.7. The molecule has 2 aliphatic heterocycles. The lowest BCUT2D eigenvalue weighted by atomic mass is 9.44. The summed E-state index contributed by atoms with van der Waals surface area (Å²) < 4.78 is 147. The van der Waals surface area contributed by atoms with Crippen LogP contribution in [-0.4, -0.2) is 293 Å². The van der Waals surface area contributed by atoms with Crippen molar-refractivity contribution in [3.63, 3.8) is 0 Å². The molecule has 0 bridgehead atoms. The summed E-state index contributed by atoms with van der Waals surface area (Å²) in [6.07, 6.45) is 1.44. The molecule has 148 heavy (non-hydrogen) atoms. The summed E-state index contributed by atoms with van der Waals surface area (Å²) >= 11 is 0. The Kier molecular flexibility index (Phi) is 44.0. The molecule has 45 heteroatoms. The van der Waals surface area contributed by atoms with Gasteiger partial charge < -0.3 is 90.9 Å². The van der Waals surface area contributed by atoms with E-state index in [1.54, 1.807) is 42.5 Å². The molecule has 1 saturated heterocycles. The first-order chi connectivity index (χ1) is 70.6. The number of para-hydroxylation sites is 1. The number of hydrogen-bond donors (Lipinski definition) is 11. The number of anilines is 2. The van der Waals surface area contributed by atoms with E-state index in [1.165, 1.54) is 36.1 Å². The van der Waals surface area contributed by atoms with Gasteiger partial charge in [0, 0.05) is 123 Å². The molecule has 3 heterocycles. The van der Waals surface area contributed by atoms with Crippen molar-refractivity contribution >= 4 is 108 Å². The molecule has 9 amide bonds. The van der Waals surface area contributed by atoms with Crippen LogP contribution < -0.4 is 47.9 Å². The molecule has 3 saturated carbocycles. The van der Waals surface area contributed by atoms with Gasteiger partial charge in [-0.05, 0) is 155 Å². The normalized spacial score (nSPS) is 22.8. The van der Waals surface area contributed by atoms with Crippen LogP contribution >= 0.6 is 0 Å². The number of ether oxygens (including phenoxy) is 8. The standard InChI is InChI=1S/C103H141F2N13O28S2/c1-6-18-93-145-88-59-78-79-58-81(104)80-57-76(120)36-38-100(80,4)102(79,105)86(123)60-101(78,5)103(88,146-93)87(124)61-111-99(132)144-65-68-28-32-74(33-29-68)112-96(129)72(23-16-40-110-98(106)131)56-84(122)94(67(2)3)113-97(130)71(55-77(121)37-46-140-48-50-142-52-51-141-49-47-139-45-17-24-75(119)34-35-92(128)117-62-73-22-11-10-19-69(73)30-31-70-20-12-13-25-82(70)117)21-14-15-39-107-91(127)66-143-85-27-9-7-8-26-83-95(85)114-115-118(83)44-43-116(63-89(125)108-41-53-147(133,134)135)64-90(126)109-42-54-148(136,137)138/h10-13,19-20,22,25,28-29,32-33,36,38,57,67,71-72,78-79,81,85-86,88,93-94,123H,6-9,14-18,21,23-24,26-27,34-35,37,39-56,58-66H2,1-5H3,(H,107,127)(H,108,125)(H,109,126)(H,111,132)(H,112,129)(H,113,130)(H3,106,110,131)(H,133,134,135)(H,136,137,138)/t71-,72+,78-,79-,81-,85?,86-,88+,93?,94-,100-,101-,102-,103+/m0/s1. The van der Waals surface area contributed by atoms with Crippen molar-refractivity contribution < 1.29 is 140 Å². The van der Waals surface area contributed by atoms with Gasteiger partial charge in [0.1, 0.15) is 42.7 Å². The zero-order valence-electron chi connectivity index (χ0n) is 84.6. The van der Waals surface area contributed by atoms with Gasteiger partial charge in [-0.15, -0.1) is 5.10 Å². The summed E-state index contributed by atoms with van der Waals surface area (Å²) in [6.45, 7) is 7.61. The fourth-order valence-electron chi connectivity index (χ4n) is 20.9. The van der Waals surface area contributed by atoms with E-state index < -0.39 is 225 Å². The van der Waals surface area contributed by atoms with E-state index in [9.17, 15) is 84.3 Å². The van der Waals surface area contributed by atoms with Crippen LogP contribution in [0.2, 0.25) is 0 Å². The number of primary amides is 1. The number of halogens is 2. The number of aliphatic hydroxyl groups excluding tert-OH is 1. The van der Waals surface area contributed by atoms with Gasteiger partial charge >= 0.3 is 12.1 Å². The first kappa shape index (κ1) is 117. The van der Waals surface area contributed by atoms with Crippen molar-refractivity contribution in [2.75, 3.05) is 134 Å². The lowest BCUT2D eigenvalue weighted by Gasteiger charge is -2.63. The summed E-state index contributed by atoms with van der Waals surface area (Å²) in [5.41, 5.74) is 3.18. The van der Waals surface area contributed by atoms with Crippen LogP contribution in [0.3, 0.4) is 0 Å². The van der Waals surface area contributed by atoms with E-state index in [4.69, 9.17) is 52.7 Å². The van der Waals surface area contributed by atoms with Crippen LogP contribution in [0.1, 0.15) is 209 Å². The molecular weight excluding hydrogens is 1970 g/mol. The molecule has 0 radical (unpaired) electrons. The topological polar surface area (TPSA) is 572 Å². The Bertz CT molecular complexity index is 5630. The van der Waals surface area contributed by atoms with Gasteiger partial charge in [0.05, 0.1) is 120 Å². The maximum atomic E-state index is 18.1. The largest absolute Gasteiger partial charge is 0.445 e. The van der Waals surface area contributed by atoms with Gasteiger partial charge in [0.2, 0.25) is 35.4 Å². The predicted octanol–water partition coefficient (Wildman–Crippen LogP) is 6.96. The highest BCUT2D eigenvalue weighted by molar-refractivity contribution is 7.86. The number of allylic oxidation sites excluding steroid dienone is 4. The SMILES string of the molecule is CCCC1O[C@@H]2C[C@H]3[C@@H]4C[C@H](F)C5=CC(=O)C=C[C@]5(C)[C@@]4(F)[C@@H](O)C[C@]3(C)[C@]2(C(=O)CNC(=O)OCc2ccc(NC(=O)[C@H](CCCNC(N)=O)CC(=O)[C@@H](NC(=O)[C@@H](CCCCNC(=O)COC3CCCCCc4c3nnn4CCN(CC(=O)NCCS(=O)(=O)O)CC(=O)NCCS(=O)(=O)O)CC(=O)CCOCCOCCOCCOCCCC(=O)CCC(=O)N3Cc4ccccc4C#Cc4ccccc43)C(C)C)cc2)O1. The molecule has 4 fully saturated rings. The number of Topliss-reactive ketones (excluding diaryl/α,β-unsaturated/α-hetero) is 4. The van der Waals surface area contributed by atoms with E-state index in [0.29, 0.717) is 80.7 Å². The summed E-state index contributed by atoms with van der Waals surface area (Å²) in [5.74, 6) is -4.88. The number of alkyl carbamates (subject to hydrolysis) is 1. The molecule has 11 rings (SSSR count). The molecule has 7 aliphatic rings. The average Bonchev–Trinajstić information content (AvgIpc) is 1.35. The third-order valence-corrected chi connectivity index (χ3v) is 30.0. The molecular formula is C103H141F2N13O28S2. The molecule has 812 valence electrons. The van der Waals surface area contributed by atoms with Crippen LogP contribution in [-0.2, 0) is 137 Å². The molecule has 3 aromatic carbocycles. The number of hydrogen-bond acceptors (Lipinski definition) is 29. The summed E-state index contributed by atoms with van der Waals surface area (Å²) in [4.78, 5) is 179. The summed E-state index contributed by atoms with van der Waals surface area (Å²) in [6, 6.07) is 19.3.